The normalized spacial score (nSPS) is 10.8. The topological polar surface area (TPSA) is 56.5 Å². The highest BCUT2D eigenvalue weighted by Gasteiger charge is 2.12. The predicted molar refractivity (Wildman–Crippen MR) is 97.9 cm³/mol. The van der Waals surface area contributed by atoms with Crippen molar-refractivity contribution in [1.82, 2.24) is 0 Å². The molecule has 0 N–H and O–H groups in total. The number of carbonyl (C=O) groups is 1. The summed E-state index contributed by atoms with van der Waals surface area (Å²) in [6, 6.07) is 11.0. The quantitative estimate of drug-likeness (QED) is 0.353. The fraction of sp³-hybridized carbons (Fsp3) is 0.158. The molecule has 6 heteroatoms. The molecular formula is C19H14Cl2O4. The van der Waals surface area contributed by atoms with Crippen LogP contribution in [0.4, 0.5) is 0 Å². The van der Waals surface area contributed by atoms with Crippen LogP contribution < -0.4 is 10.4 Å². The molecule has 0 saturated carbocycles. The van der Waals surface area contributed by atoms with E-state index in [0.717, 1.165) is 23.8 Å². The van der Waals surface area contributed by atoms with Crippen LogP contribution in [0, 0.1) is 0 Å². The number of hydrogen-bond acceptors (Lipinski definition) is 4. The van der Waals surface area contributed by atoms with Crippen molar-refractivity contribution in [2.24, 2.45) is 0 Å². The van der Waals surface area contributed by atoms with Crippen LogP contribution in [-0.4, -0.2) is 5.97 Å². The molecule has 128 valence electrons. The second-order valence-electron chi connectivity index (χ2n) is 5.52. The third-order valence-corrected chi connectivity index (χ3v) is 4.43. The molecule has 3 rings (SSSR count). The number of aryl methyl sites for hydroxylation is 1. The molecule has 2 aromatic carbocycles. The number of halogens is 2. The molecule has 0 aliphatic rings. The van der Waals surface area contributed by atoms with Crippen LogP contribution in [0.5, 0.6) is 5.75 Å². The number of ether oxygens (including phenoxy) is 1. The van der Waals surface area contributed by atoms with Gasteiger partial charge in [-0.2, -0.15) is 0 Å². The van der Waals surface area contributed by atoms with E-state index < -0.39 is 11.6 Å². The van der Waals surface area contributed by atoms with Gasteiger partial charge >= 0.3 is 11.6 Å². The average Bonchev–Trinajstić information content (AvgIpc) is 2.57. The number of fused-ring (bicyclic) bond motifs is 1. The van der Waals surface area contributed by atoms with Gasteiger partial charge in [0.05, 0.1) is 15.6 Å². The summed E-state index contributed by atoms with van der Waals surface area (Å²) in [7, 11) is 0. The summed E-state index contributed by atoms with van der Waals surface area (Å²) >= 11 is 11.8. The Hall–Kier alpha value is -2.30. The molecule has 0 radical (unpaired) electrons. The van der Waals surface area contributed by atoms with Crippen molar-refractivity contribution in [1.29, 1.82) is 0 Å². The van der Waals surface area contributed by atoms with Gasteiger partial charge in [-0.3, -0.25) is 0 Å². The molecule has 1 heterocycles. The van der Waals surface area contributed by atoms with Crippen molar-refractivity contribution in [2.75, 3.05) is 0 Å². The van der Waals surface area contributed by atoms with Gasteiger partial charge in [-0.1, -0.05) is 36.5 Å². The second kappa shape index (κ2) is 7.30. The van der Waals surface area contributed by atoms with Crippen LogP contribution in [0.1, 0.15) is 29.3 Å². The highest BCUT2D eigenvalue weighted by atomic mass is 35.5. The molecule has 0 aliphatic heterocycles. The SMILES string of the molecule is CCCc1cc(=O)oc2cc(OC(=O)c3ccc(Cl)c(Cl)c3)ccc12. The Morgan fingerprint density at radius 1 is 1.08 bits per heavy atom. The van der Waals surface area contributed by atoms with Gasteiger partial charge in [0, 0.05) is 17.5 Å². The molecule has 0 atom stereocenters. The van der Waals surface area contributed by atoms with E-state index in [1.807, 2.05) is 6.92 Å². The molecule has 0 amide bonds. The molecule has 0 bridgehead atoms. The Kier molecular flexibility index (Phi) is 5.11. The minimum atomic E-state index is -0.579. The third kappa shape index (κ3) is 3.86. The molecule has 0 saturated heterocycles. The molecule has 0 fully saturated rings. The van der Waals surface area contributed by atoms with Gasteiger partial charge in [-0.05, 0) is 42.3 Å². The summed E-state index contributed by atoms with van der Waals surface area (Å²) in [6.45, 7) is 2.04. The van der Waals surface area contributed by atoms with E-state index in [1.165, 1.54) is 30.3 Å². The third-order valence-electron chi connectivity index (χ3n) is 3.69. The summed E-state index contributed by atoms with van der Waals surface area (Å²) in [5, 5.41) is 1.45. The van der Waals surface area contributed by atoms with E-state index in [-0.39, 0.29) is 16.3 Å². The maximum atomic E-state index is 12.2. The average molecular weight is 377 g/mol. The number of rotatable bonds is 4. The molecule has 3 aromatic rings. The highest BCUT2D eigenvalue weighted by molar-refractivity contribution is 6.42. The first kappa shape index (κ1) is 17.5. The number of esters is 1. The lowest BCUT2D eigenvalue weighted by Gasteiger charge is -2.08. The van der Waals surface area contributed by atoms with Crippen molar-refractivity contribution in [3.8, 4) is 5.75 Å². The summed E-state index contributed by atoms with van der Waals surface area (Å²) in [5.74, 6) is -0.301. The van der Waals surface area contributed by atoms with Crippen molar-refractivity contribution in [3.63, 3.8) is 0 Å². The standard InChI is InChI=1S/C19H14Cl2O4/c1-2-3-11-9-18(22)25-17-10-13(5-6-14(11)17)24-19(23)12-4-7-15(20)16(21)8-12/h4-10H,2-3H2,1H3. The summed E-state index contributed by atoms with van der Waals surface area (Å²) in [4.78, 5) is 23.9. The molecule has 0 spiro atoms. The van der Waals surface area contributed by atoms with Gasteiger partial charge in [0.25, 0.3) is 0 Å². The van der Waals surface area contributed by atoms with Gasteiger partial charge in [0.15, 0.2) is 0 Å². The van der Waals surface area contributed by atoms with Crippen molar-refractivity contribution >= 4 is 40.1 Å². The van der Waals surface area contributed by atoms with Crippen LogP contribution in [0.15, 0.2) is 51.7 Å². The van der Waals surface area contributed by atoms with Crippen LogP contribution in [0.25, 0.3) is 11.0 Å². The Morgan fingerprint density at radius 2 is 1.88 bits per heavy atom. The molecule has 1 aromatic heterocycles. The number of benzene rings is 2. The second-order valence-corrected chi connectivity index (χ2v) is 6.33. The van der Waals surface area contributed by atoms with E-state index in [4.69, 9.17) is 32.4 Å². The molecule has 4 nitrogen and oxygen atoms in total. The van der Waals surface area contributed by atoms with Crippen molar-refractivity contribution in [2.45, 2.75) is 19.8 Å². The molecule has 25 heavy (non-hydrogen) atoms. The first-order valence-corrected chi connectivity index (χ1v) is 8.47. The van der Waals surface area contributed by atoms with E-state index in [0.29, 0.717) is 10.6 Å². The summed E-state index contributed by atoms with van der Waals surface area (Å²) < 4.78 is 10.6. The fourth-order valence-corrected chi connectivity index (χ4v) is 2.84. The Bertz CT molecular complexity index is 1010. The lowest BCUT2D eigenvalue weighted by Crippen LogP contribution is -2.08. The first-order chi connectivity index (χ1) is 12.0. The Balaban J connectivity index is 1.92. The number of carbonyl (C=O) groups excluding carboxylic acids is 1. The summed E-state index contributed by atoms with van der Waals surface area (Å²) in [6.07, 6.45) is 1.68. The van der Waals surface area contributed by atoms with Crippen LogP contribution in [0.3, 0.4) is 0 Å². The van der Waals surface area contributed by atoms with Gasteiger partial charge in [-0.25, -0.2) is 9.59 Å². The van der Waals surface area contributed by atoms with Gasteiger partial charge in [0.1, 0.15) is 11.3 Å². The Labute approximate surface area is 153 Å². The lowest BCUT2D eigenvalue weighted by atomic mass is 10.1. The maximum absolute atomic E-state index is 12.2. The van der Waals surface area contributed by atoms with Gasteiger partial charge in [-0.15, -0.1) is 0 Å². The molecular weight excluding hydrogens is 363 g/mol. The van der Waals surface area contributed by atoms with Crippen molar-refractivity contribution < 1.29 is 13.9 Å². The van der Waals surface area contributed by atoms with E-state index in [1.54, 1.807) is 12.1 Å². The monoisotopic (exact) mass is 376 g/mol. The smallest absolute Gasteiger partial charge is 0.343 e. The lowest BCUT2D eigenvalue weighted by molar-refractivity contribution is 0.0735. The predicted octanol–water partition coefficient (Wildman–Crippen LogP) is 5.27. The number of hydrogen-bond donors (Lipinski definition) is 0. The van der Waals surface area contributed by atoms with E-state index >= 15 is 0 Å². The van der Waals surface area contributed by atoms with Gasteiger partial charge < -0.3 is 9.15 Å². The van der Waals surface area contributed by atoms with E-state index in [9.17, 15) is 9.59 Å². The minimum Gasteiger partial charge on any atom is -0.423 e. The molecule has 0 unspecified atom stereocenters. The highest BCUT2D eigenvalue weighted by Crippen LogP contribution is 2.26. The zero-order valence-corrected chi connectivity index (χ0v) is 14.9. The van der Waals surface area contributed by atoms with Crippen molar-refractivity contribution in [3.05, 3.63) is 74.1 Å². The zero-order valence-electron chi connectivity index (χ0n) is 13.3. The largest absolute Gasteiger partial charge is 0.423 e. The van der Waals surface area contributed by atoms with E-state index in [2.05, 4.69) is 0 Å². The summed E-state index contributed by atoms with van der Waals surface area (Å²) in [5.41, 5.74) is 1.14. The van der Waals surface area contributed by atoms with Crippen LogP contribution in [0.2, 0.25) is 10.0 Å². The maximum Gasteiger partial charge on any atom is 0.343 e. The van der Waals surface area contributed by atoms with Crippen LogP contribution >= 0.6 is 23.2 Å². The van der Waals surface area contributed by atoms with Gasteiger partial charge in [0.2, 0.25) is 0 Å². The zero-order chi connectivity index (χ0) is 18.0. The van der Waals surface area contributed by atoms with Crippen LogP contribution in [-0.2, 0) is 6.42 Å². The molecule has 0 aliphatic carbocycles. The fourth-order valence-electron chi connectivity index (χ4n) is 2.54. The Morgan fingerprint density at radius 3 is 2.60 bits per heavy atom. The first-order valence-electron chi connectivity index (χ1n) is 7.72. The minimum absolute atomic E-state index is 0.268.